The van der Waals surface area contributed by atoms with Crippen LogP contribution in [0.2, 0.25) is 0 Å². The summed E-state index contributed by atoms with van der Waals surface area (Å²) in [7, 11) is 1.20. The van der Waals surface area contributed by atoms with Crippen molar-refractivity contribution in [3.63, 3.8) is 0 Å². The number of esters is 1. The van der Waals surface area contributed by atoms with Crippen molar-refractivity contribution in [1.82, 2.24) is 4.98 Å². The molecule has 0 spiro atoms. The van der Waals surface area contributed by atoms with Crippen molar-refractivity contribution < 1.29 is 19.6 Å². The molecule has 0 radical (unpaired) electrons. The van der Waals surface area contributed by atoms with Gasteiger partial charge in [0, 0.05) is 6.07 Å². The SMILES string of the molecule is CCC(CC)(CO)Nc1nc(C(=O)OC)ccc1[N+](=O)[O-]. The first kappa shape index (κ1) is 16.8. The molecule has 0 unspecified atom stereocenters. The van der Waals surface area contributed by atoms with Crippen LogP contribution in [0.1, 0.15) is 37.2 Å². The smallest absolute Gasteiger partial charge is 0.356 e. The summed E-state index contributed by atoms with van der Waals surface area (Å²) >= 11 is 0. The van der Waals surface area contributed by atoms with Crippen molar-refractivity contribution in [2.75, 3.05) is 19.0 Å². The van der Waals surface area contributed by atoms with Crippen LogP contribution in [0, 0.1) is 10.1 Å². The molecule has 0 aliphatic carbocycles. The number of nitrogens with one attached hydrogen (secondary N) is 1. The van der Waals surface area contributed by atoms with E-state index in [2.05, 4.69) is 15.0 Å². The summed E-state index contributed by atoms with van der Waals surface area (Å²) in [6.07, 6.45) is 1.09. The average Bonchev–Trinajstić information content (AvgIpc) is 2.51. The molecule has 0 aliphatic heterocycles. The minimum absolute atomic E-state index is 0.0374. The molecular weight excluding hydrogens is 278 g/mol. The number of anilines is 1. The van der Waals surface area contributed by atoms with Crippen molar-refractivity contribution in [1.29, 1.82) is 0 Å². The molecule has 1 aromatic heterocycles. The predicted octanol–water partition coefficient (Wildman–Crippen LogP) is 1.74. The van der Waals surface area contributed by atoms with Crippen molar-refractivity contribution >= 4 is 17.5 Å². The number of hydrogen-bond acceptors (Lipinski definition) is 7. The van der Waals surface area contributed by atoms with E-state index in [0.717, 1.165) is 0 Å². The number of carbonyl (C=O) groups is 1. The van der Waals surface area contributed by atoms with Crippen LogP contribution in [0.5, 0.6) is 0 Å². The lowest BCUT2D eigenvalue weighted by molar-refractivity contribution is -0.384. The zero-order valence-corrected chi connectivity index (χ0v) is 12.3. The number of rotatable bonds is 7. The number of hydrogen-bond donors (Lipinski definition) is 2. The summed E-state index contributed by atoms with van der Waals surface area (Å²) in [5.74, 6) is -0.740. The molecule has 0 saturated carbocycles. The molecule has 21 heavy (non-hydrogen) atoms. The topological polar surface area (TPSA) is 115 Å². The van der Waals surface area contributed by atoms with Crippen molar-refractivity contribution in [2.24, 2.45) is 0 Å². The minimum atomic E-state index is -0.730. The van der Waals surface area contributed by atoms with Crippen LogP contribution >= 0.6 is 0 Å². The lowest BCUT2D eigenvalue weighted by Gasteiger charge is -2.31. The summed E-state index contributed by atoms with van der Waals surface area (Å²) in [4.78, 5) is 25.9. The first-order valence-electron chi connectivity index (χ1n) is 6.55. The maximum absolute atomic E-state index is 11.5. The third-order valence-corrected chi connectivity index (χ3v) is 3.50. The number of nitrogens with zero attached hydrogens (tertiary/aromatic N) is 2. The highest BCUT2D eigenvalue weighted by Gasteiger charge is 2.29. The Morgan fingerprint density at radius 2 is 2.10 bits per heavy atom. The highest BCUT2D eigenvalue weighted by molar-refractivity contribution is 5.88. The fourth-order valence-electron chi connectivity index (χ4n) is 1.85. The number of ether oxygens (including phenoxy) is 1. The highest BCUT2D eigenvalue weighted by Crippen LogP contribution is 2.28. The van der Waals surface area contributed by atoms with E-state index in [1.165, 1.54) is 19.2 Å². The Balaban J connectivity index is 3.29. The lowest BCUT2D eigenvalue weighted by atomic mass is 9.94. The summed E-state index contributed by atoms with van der Waals surface area (Å²) in [5.41, 5.74) is -1.03. The summed E-state index contributed by atoms with van der Waals surface area (Å²) in [6.45, 7) is 3.49. The van der Waals surface area contributed by atoms with E-state index >= 15 is 0 Å². The van der Waals surface area contributed by atoms with Gasteiger partial charge in [-0.05, 0) is 18.9 Å². The molecule has 0 fully saturated rings. The third kappa shape index (κ3) is 3.66. The standard InChI is InChI=1S/C13H19N3O5/c1-4-13(5-2,8-17)15-11-10(16(19)20)7-6-9(14-11)12(18)21-3/h6-7,17H,4-5,8H2,1-3H3,(H,14,15). The molecule has 0 atom stereocenters. The number of aromatic nitrogens is 1. The van der Waals surface area contributed by atoms with E-state index in [0.29, 0.717) is 12.8 Å². The fraction of sp³-hybridized carbons (Fsp3) is 0.538. The molecular formula is C13H19N3O5. The van der Waals surface area contributed by atoms with Crippen molar-refractivity contribution in [2.45, 2.75) is 32.2 Å². The molecule has 0 aromatic carbocycles. The first-order valence-corrected chi connectivity index (χ1v) is 6.55. The molecule has 1 heterocycles. The van der Waals surface area contributed by atoms with Crippen molar-refractivity contribution in [3.05, 3.63) is 27.9 Å². The molecule has 116 valence electrons. The van der Waals surface area contributed by atoms with Gasteiger partial charge < -0.3 is 15.2 Å². The Hall–Kier alpha value is -2.22. The van der Waals surface area contributed by atoms with Gasteiger partial charge in [-0.2, -0.15) is 0 Å². The number of aliphatic hydroxyl groups is 1. The zero-order valence-electron chi connectivity index (χ0n) is 12.3. The Bertz CT molecular complexity index is 520. The first-order chi connectivity index (χ1) is 9.92. The summed E-state index contributed by atoms with van der Waals surface area (Å²) in [6, 6.07) is 2.42. The Morgan fingerprint density at radius 1 is 1.48 bits per heavy atom. The largest absolute Gasteiger partial charge is 0.464 e. The highest BCUT2D eigenvalue weighted by atomic mass is 16.6. The summed E-state index contributed by atoms with van der Waals surface area (Å²) in [5, 5.41) is 23.5. The average molecular weight is 297 g/mol. The van der Waals surface area contributed by atoms with Gasteiger partial charge in [-0.1, -0.05) is 13.8 Å². The quantitative estimate of drug-likeness (QED) is 0.447. The van der Waals surface area contributed by atoms with Gasteiger partial charge in [-0.3, -0.25) is 10.1 Å². The molecule has 1 rings (SSSR count). The van der Waals surface area contributed by atoms with E-state index < -0.39 is 16.4 Å². The maximum atomic E-state index is 11.5. The van der Waals surface area contributed by atoms with Gasteiger partial charge in [0.25, 0.3) is 0 Å². The normalized spacial score (nSPS) is 11.0. The van der Waals surface area contributed by atoms with Crippen LogP contribution in [0.4, 0.5) is 11.5 Å². The second-order valence-electron chi connectivity index (χ2n) is 4.58. The van der Waals surface area contributed by atoms with Gasteiger partial charge in [0.2, 0.25) is 5.82 Å². The lowest BCUT2D eigenvalue weighted by Crippen LogP contribution is -2.41. The van der Waals surface area contributed by atoms with E-state index in [1.807, 2.05) is 13.8 Å². The molecule has 0 saturated heterocycles. The molecule has 2 N–H and O–H groups in total. The van der Waals surface area contributed by atoms with Crippen LogP contribution in [-0.4, -0.2) is 40.2 Å². The number of methoxy groups -OCH3 is 1. The van der Waals surface area contributed by atoms with Crippen LogP contribution in [0.15, 0.2) is 12.1 Å². The molecule has 8 nitrogen and oxygen atoms in total. The van der Waals surface area contributed by atoms with Gasteiger partial charge >= 0.3 is 11.7 Å². The van der Waals surface area contributed by atoms with Crippen LogP contribution in [-0.2, 0) is 4.74 Å². The molecule has 0 bridgehead atoms. The summed E-state index contributed by atoms with van der Waals surface area (Å²) < 4.78 is 4.55. The van der Waals surface area contributed by atoms with Crippen LogP contribution in [0.25, 0.3) is 0 Å². The van der Waals surface area contributed by atoms with Crippen molar-refractivity contribution in [3.8, 4) is 0 Å². The molecule has 0 aliphatic rings. The van der Waals surface area contributed by atoms with Gasteiger partial charge in [-0.15, -0.1) is 0 Å². The van der Waals surface area contributed by atoms with Gasteiger partial charge in [0.05, 0.1) is 24.2 Å². The Kier molecular flexibility index (Phi) is 5.60. The molecule has 0 amide bonds. The predicted molar refractivity (Wildman–Crippen MR) is 76.3 cm³/mol. The van der Waals surface area contributed by atoms with Gasteiger partial charge in [-0.25, -0.2) is 9.78 Å². The maximum Gasteiger partial charge on any atom is 0.356 e. The van der Waals surface area contributed by atoms with Gasteiger partial charge in [0.1, 0.15) is 0 Å². The zero-order chi connectivity index (χ0) is 16.0. The van der Waals surface area contributed by atoms with Crippen LogP contribution < -0.4 is 5.32 Å². The van der Waals surface area contributed by atoms with E-state index in [4.69, 9.17) is 0 Å². The number of pyridine rings is 1. The van der Waals surface area contributed by atoms with E-state index in [-0.39, 0.29) is 23.8 Å². The number of aliphatic hydroxyl groups excluding tert-OH is 1. The number of carbonyl (C=O) groups excluding carboxylic acids is 1. The molecule has 8 heteroatoms. The fourth-order valence-corrected chi connectivity index (χ4v) is 1.85. The second-order valence-corrected chi connectivity index (χ2v) is 4.58. The Labute approximate surface area is 122 Å². The monoisotopic (exact) mass is 297 g/mol. The third-order valence-electron chi connectivity index (χ3n) is 3.50. The minimum Gasteiger partial charge on any atom is -0.464 e. The van der Waals surface area contributed by atoms with Gasteiger partial charge in [0.15, 0.2) is 5.69 Å². The van der Waals surface area contributed by atoms with E-state index in [1.54, 1.807) is 0 Å². The number of nitro groups is 1. The van der Waals surface area contributed by atoms with E-state index in [9.17, 15) is 20.0 Å². The van der Waals surface area contributed by atoms with Crippen LogP contribution in [0.3, 0.4) is 0 Å². The second kappa shape index (κ2) is 6.98. The molecule has 1 aromatic rings. The Morgan fingerprint density at radius 3 is 2.52 bits per heavy atom.